The Bertz CT molecular complexity index is 508. The minimum Gasteiger partial charge on any atom is -0.496 e. The molecule has 1 aromatic carbocycles. The standard InChI is InChI=1S/C14H18N2O2/c1-3-9-16-10-8-15-14(16)13(17)11-6-4-5-7-12(11)18-2/h4-8,10,13,17H,3,9H2,1-2H3. The number of hydrogen-bond donors (Lipinski definition) is 1. The maximum Gasteiger partial charge on any atom is 0.142 e. The number of hydrogen-bond acceptors (Lipinski definition) is 3. The third-order valence-electron chi connectivity index (χ3n) is 2.89. The normalized spacial score (nSPS) is 12.4. The van der Waals surface area contributed by atoms with Crippen molar-refractivity contribution in [1.82, 2.24) is 9.55 Å². The van der Waals surface area contributed by atoms with Gasteiger partial charge in [0.2, 0.25) is 0 Å². The summed E-state index contributed by atoms with van der Waals surface area (Å²) < 4.78 is 7.24. The summed E-state index contributed by atoms with van der Waals surface area (Å²) in [7, 11) is 1.60. The second-order valence-corrected chi connectivity index (χ2v) is 4.12. The molecule has 4 heteroatoms. The molecule has 0 aliphatic heterocycles. The fraction of sp³-hybridized carbons (Fsp3) is 0.357. The number of imidazole rings is 1. The highest BCUT2D eigenvalue weighted by molar-refractivity contribution is 5.37. The topological polar surface area (TPSA) is 47.3 Å². The van der Waals surface area contributed by atoms with E-state index in [1.54, 1.807) is 13.3 Å². The fourth-order valence-corrected chi connectivity index (χ4v) is 2.03. The first kappa shape index (κ1) is 12.6. The van der Waals surface area contributed by atoms with Crippen molar-refractivity contribution in [2.24, 2.45) is 0 Å². The van der Waals surface area contributed by atoms with Gasteiger partial charge in [0.1, 0.15) is 17.7 Å². The Kier molecular flexibility index (Phi) is 3.99. The number of methoxy groups -OCH3 is 1. The number of aliphatic hydroxyl groups excluding tert-OH is 1. The smallest absolute Gasteiger partial charge is 0.142 e. The molecule has 0 spiro atoms. The van der Waals surface area contributed by atoms with E-state index in [0.29, 0.717) is 11.6 Å². The van der Waals surface area contributed by atoms with Crippen molar-refractivity contribution in [1.29, 1.82) is 0 Å². The molecule has 0 aliphatic rings. The van der Waals surface area contributed by atoms with E-state index in [2.05, 4.69) is 11.9 Å². The van der Waals surface area contributed by atoms with Crippen LogP contribution < -0.4 is 4.74 Å². The lowest BCUT2D eigenvalue weighted by molar-refractivity contribution is 0.199. The highest BCUT2D eigenvalue weighted by Gasteiger charge is 2.19. The van der Waals surface area contributed by atoms with Crippen molar-refractivity contribution >= 4 is 0 Å². The zero-order chi connectivity index (χ0) is 13.0. The third-order valence-corrected chi connectivity index (χ3v) is 2.89. The number of aliphatic hydroxyl groups is 1. The van der Waals surface area contributed by atoms with Crippen LogP contribution >= 0.6 is 0 Å². The fourth-order valence-electron chi connectivity index (χ4n) is 2.03. The first-order chi connectivity index (χ1) is 8.77. The molecule has 2 rings (SSSR count). The maximum absolute atomic E-state index is 10.4. The number of aromatic nitrogens is 2. The zero-order valence-corrected chi connectivity index (χ0v) is 10.7. The molecule has 0 amide bonds. The van der Waals surface area contributed by atoms with Gasteiger partial charge in [0.15, 0.2) is 0 Å². The molecule has 0 aliphatic carbocycles. The summed E-state index contributed by atoms with van der Waals surface area (Å²) in [5.74, 6) is 1.33. The molecule has 96 valence electrons. The molecule has 1 atom stereocenters. The number of ether oxygens (including phenoxy) is 1. The van der Waals surface area contributed by atoms with Crippen LogP contribution in [0.5, 0.6) is 5.75 Å². The van der Waals surface area contributed by atoms with Crippen LogP contribution in [0.2, 0.25) is 0 Å². The molecular formula is C14H18N2O2. The van der Waals surface area contributed by atoms with Crippen LogP contribution in [0.15, 0.2) is 36.7 Å². The molecule has 0 saturated carbocycles. The van der Waals surface area contributed by atoms with Crippen molar-refractivity contribution in [3.8, 4) is 5.75 Å². The third kappa shape index (κ3) is 2.38. The van der Waals surface area contributed by atoms with Gasteiger partial charge in [0.25, 0.3) is 0 Å². The molecular weight excluding hydrogens is 228 g/mol. The lowest BCUT2D eigenvalue weighted by Crippen LogP contribution is -2.10. The minimum absolute atomic E-state index is 0.654. The summed E-state index contributed by atoms with van der Waals surface area (Å²) in [5.41, 5.74) is 0.739. The summed E-state index contributed by atoms with van der Waals surface area (Å²) in [4.78, 5) is 4.24. The number of rotatable bonds is 5. The van der Waals surface area contributed by atoms with Gasteiger partial charge in [-0.1, -0.05) is 25.1 Å². The van der Waals surface area contributed by atoms with Gasteiger partial charge >= 0.3 is 0 Å². The summed E-state index contributed by atoms with van der Waals surface area (Å²) in [6, 6.07) is 7.46. The van der Waals surface area contributed by atoms with Crippen LogP contribution in [0, 0.1) is 0 Å². The molecule has 2 aromatic rings. The molecule has 0 fully saturated rings. The Labute approximate surface area is 107 Å². The minimum atomic E-state index is -0.761. The Morgan fingerprint density at radius 2 is 2.17 bits per heavy atom. The Morgan fingerprint density at radius 3 is 2.89 bits per heavy atom. The number of benzene rings is 1. The summed E-state index contributed by atoms with van der Waals surface area (Å²) >= 11 is 0. The second-order valence-electron chi connectivity index (χ2n) is 4.12. The van der Waals surface area contributed by atoms with Crippen molar-refractivity contribution in [3.05, 3.63) is 48.0 Å². The molecule has 1 unspecified atom stereocenters. The van der Waals surface area contributed by atoms with E-state index in [1.165, 1.54) is 0 Å². The predicted molar refractivity (Wildman–Crippen MR) is 69.6 cm³/mol. The van der Waals surface area contributed by atoms with Crippen LogP contribution in [0.25, 0.3) is 0 Å². The maximum atomic E-state index is 10.4. The first-order valence-corrected chi connectivity index (χ1v) is 6.10. The van der Waals surface area contributed by atoms with Crippen LogP contribution in [0.1, 0.15) is 30.8 Å². The van der Waals surface area contributed by atoms with Crippen LogP contribution in [-0.2, 0) is 6.54 Å². The number of aryl methyl sites for hydroxylation is 1. The summed E-state index contributed by atoms with van der Waals surface area (Å²) in [6.45, 7) is 2.95. The van der Waals surface area contributed by atoms with Crippen LogP contribution in [0.4, 0.5) is 0 Å². The SMILES string of the molecule is CCCn1ccnc1C(O)c1ccccc1OC. The first-order valence-electron chi connectivity index (χ1n) is 6.10. The quantitative estimate of drug-likeness (QED) is 0.881. The summed E-state index contributed by atoms with van der Waals surface area (Å²) in [6.07, 6.45) is 3.84. The zero-order valence-electron chi connectivity index (χ0n) is 10.7. The monoisotopic (exact) mass is 246 g/mol. The van der Waals surface area contributed by atoms with Gasteiger partial charge in [-0.3, -0.25) is 0 Å². The van der Waals surface area contributed by atoms with Gasteiger partial charge in [0.05, 0.1) is 7.11 Å². The highest BCUT2D eigenvalue weighted by atomic mass is 16.5. The molecule has 0 radical (unpaired) electrons. The Balaban J connectivity index is 2.35. The van der Waals surface area contributed by atoms with Crippen molar-refractivity contribution in [2.45, 2.75) is 26.0 Å². The van der Waals surface area contributed by atoms with Gasteiger partial charge in [-0.15, -0.1) is 0 Å². The number of nitrogens with zero attached hydrogens (tertiary/aromatic N) is 2. The van der Waals surface area contributed by atoms with Gasteiger partial charge in [-0.05, 0) is 12.5 Å². The molecule has 0 bridgehead atoms. The van der Waals surface area contributed by atoms with E-state index in [1.807, 2.05) is 35.0 Å². The van der Waals surface area contributed by atoms with E-state index in [4.69, 9.17) is 4.74 Å². The Hall–Kier alpha value is -1.81. The van der Waals surface area contributed by atoms with Crippen LogP contribution in [0.3, 0.4) is 0 Å². The molecule has 0 saturated heterocycles. The van der Waals surface area contributed by atoms with Crippen molar-refractivity contribution in [3.63, 3.8) is 0 Å². The molecule has 4 nitrogen and oxygen atoms in total. The molecule has 1 N–H and O–H groups in total. The lowest BCUT2D eigenvalue weighted by atomic mass is 10.1. The summed E-state index contributed by atoms with van der Waals surface area (Å²) in [5, 5.41) is 10.4. The van der Waals surface area contributed by atoms with Gasteiger partial charge in [-0.2, -0.15) is 0 Å². The van der Waals surface area contributed by atoms with E-state index < -0.39 is 6.10 Å². The average molecular weight is 246 g/mol. The second kappa shape index (κ2) is 5.69. The predicted octanol–water partition coefficient (Wildman–Crippen LogP) is 2.38. The van der Waals surface area contributed by atoms with Crippen LogP contribution in [-0.4, -0.2) is 21.8 Å². The van der Waals surface area contributed by atoms with Gasteiger partial charge in [-0.25, -0.2) is 4.98 Å². The molecule has 1 aromatic heterocycles. The largest absolute Gasteiger partial charge is 0.496 e. The number of para-hydroxylation sites is 1. The van der Waals surface area contributed by atoms with Gasteiger partial charge < -0.3 is 14.4 Å². The lowest BCUT2D eigenvalue weighted by Gasteiger charge is -2.15. The van der Waals surface area contributed by atoms with Crippen molar-refractivity contribution < 1.29 is 9.84 Å². The van der Waals surface area contributed by atoms with Crippen molar-refractivity contribution in [2.75, 3.05) is 7.11 Å². The Morgan fingerprint density at radius 1 is 1.39 bits per heavy atom. The van der Waals surface area contributed by atoms with E-state index in [9.17, 15) is 5.11 Å². The van der Waals surface area contributed by atoms with E-state index >= 15 is 0 Å². The molecule has 18 heavy (non-hydrogen) atoms. The van der Waals surface area contributed by atoms with Gasteiger partial charge in [0, 0.05) is 24.5 Å². The van der Waals surface area contributed by atoms with E-state index in [-0.39, 0.29) is 0 Å². The molecule has 1 heterocycles. The van der Waals surface area contributed by atoms with E-state index in [0.717, 1.165) is 18.5 Å². The average Bonchev–Trinajstić information content (AvgIpc) is 2.86. The highest BCUT2D eigenvalue weighted by Crippen LogP contribution is 2.28.